The zero-order valence-corrected chi connectivity index (χ0v) is 7.39. The van der Waals surface area contributed by atoms with Gasteiger partial charge in [0.2, 0.25) is 0 Å². The average molecular weight is 152 g/mol. The van der Waals surface area contributed by atoms with E-state index in [1.165, 1.54) is 17.6 Å². The summed E-state index contributed by atoms with van der Waals surface area (Å²) in [6.45, 7) is 8.96. The van der Waals surface area contributed by atoms with E-state index in [2.05, 4.69) is 20.4 Å². The van der Waals surface area contributed by atoms with Crippen molar-refractivity contribution in [1.29, 1.82) is 0 Å². The quantitative estimate of drug-likeness (QED) is 0.553. The minimum absolute atomic E-state index is 0.664. The van der Waals surface area contributed by atoms with E-state index in [1.54, 1.807) is 0 Å². The average Bonchev–Trinajstić information content (AvgIpc) is 1.85. The fraction of sp³-hybridized carbons (Fsp3) is 0.600. The summed E-state index contributed by atoms with van der Waals surface area (Å²) in [7, 11) is 0. The van der Waals surface area contributed by atoms with E-state index in [4.69, 9.17) is 4.74 Å². The van der Waals surface area contributed by atoms with Gasteiger partial charge in [0.25, 0.3) is 0 Å². The summed E-state index contributed by atoms with van der Waals surface area (Å²) in [5.41, 5.74) is 2.61. The SMILES string of the molecule is C=C(C)C[C@@H]1COC=C(C)C1. The van der Waals surface area contributed by atoms with Crippen molar-refractivity contribution in [3.05, 3.63) is 24.0 Å². The molecule has 62 valence electrons. The normalized spacial score (nSPS) is 23.8. The third-order valence-electron chi connectivity index (χ3n) is 1.86. The van der Waals surface area contributed by atoms with Crippen molar-refractivity contribution in [2.75, 3.05) is 6.61 Å². The molecule has 0 aromatic rings. The lowest BCUT2D eigenvalue weighted by Crippen LogP contribution is -2.13. The van der Waals surface area contributed by atoms with Crippen molar-refractivity contribution in [3.8, 4) is 0 Å². The molecule has 0 saturated carbocycles. The monoisotopic (exact) mass is 152 g/mol. The van der Waals surface area contributed by atoms with E-state index < -0.39 is 0 Å². The zero-order chi connectivity index (χ0) is 8.27. The highest BCUT2D eigenvalue weighted by atomic mass is 16.5. The molecule has 1 atom stereocenters. The summed E-state index contributed by atoms with van der Waals surface area (Å²) < 4.78 is 5.29. The van der Waals surface area contributed by atoms with Gasteiger partial charge in [-0.25, -0.2) is 0 Å². The van der Waals surface area contributed by atoms with Crippen LogP contribution in [0.15, 0.2) is 24.0 Å². The van der Waals surface area contributed by atoms with Crippen LogP contribution in [-0.4, -0.2) is 6.61 Å². The molecule has 1 aliphatic heterocycles. The molecule has 0 bridgehead atoms. The van der Waals surface area contributed by atoms with Crippen molar-refractivity contribution in [2.45, 2.75) is 26.7 Å². The van der Waals surface area contributed by atoms with Gasteiger partial charge in [-0.1, -0.05) is 5.57 Å². The largest absolute Gasteiger partial charge is 0.501 e. The maximum atomic E-state index is 5.29. The number of hydrogen-bond donors (Lipinski definition) is 0. The second-order valence-corrected chi connectivity index (χ2v) is 3.53. The molecule has 0 N–H and O–H groups in total. The van der Waals surface area contributed by atoms with E-state index in [-0.39, 0.29) is 0 Å². The predicted molar refractivity (Wildman–Crippen MR) is 47.2 cm³/mol. The standard InChI is InChI=1S/C10H16O/c1-8(2)4-10-5-9(3)6-11-7-10/h6,10H,1,4-5,7H2,2-3H3/t10-/m0/s1. The van der Waals surface area contributed by atoms with E-state index in [9.17, 15) is 0 Å². The van der Waals surface area contributed by atoms with Crippen LogP contribution >= 0.6 is 0 Å². The second-order valence-electron chi connectivity index (χ2n) is 3.53. The topological polar surface area (TPSA) is 9.23 Å². The molecule has 1 aliphatic rings. The van der Waals surface area contributed by atoms with Gasteiger partial charge in [0.1, 0.15) is 0 Å². The number of allylic oxidation sites excluding steroid dienone is 2. The lowest BCUT2D eigenvalue weighted by molar-refractivity contribution is 0.170. The molecular weight excluding hydrogens is 136 g/mol. The van der Waals surface area contributed by atoms with Crippen LogP contribution in [0.4, 0.5) is 0 Å². The molecule has 0 radical (unpaired) electrons. The van der Waals surface area contributed by atoms with E-state index in [1.807, 2.05) is 6.26 Å². The lowest BCUT2D eigenvalue weighted by Gasteiger charge is -2.21. The van der Waals surface area contributed by atoms with Crippen LogP contribution in [0.25, 0.3) is 0 Å². The van der Waals surface area contributed by atoms with Gasteiger partial charge in [0.05, 0.1) is 12.9 Å². The highest BCUT2D eigenvalue weighted by Gasteiger charge is 2.13. The first kappa shape index (κ1) is 8.38. The molecule has 1 rings (SSSR count). The third kappa shape index (κ3) is 2.79. The molecule has 0 aromatic heterocycles. The number of rotatable bonds is 2. The molecule has 1 nitrogen and oxygen atoms in total. The fourth-order valence-corrected chi connectivity index (χ4v) is 1.51. The van der Waals surface area contributed by atoms with Gasteiger partial charge in [-0.15, -0.1) is 6.58 Å². The number of ether oxygens (including phenoxy) is 1. The Labute approximate surface area is 68.8 Å². The Kier molecular flexibility index (Phi) is 2.75. The van der Waals surface area contributed by atoms with Crippen LogP contribution < -0.4 is 0 Å². The summed E-state index contributed by atoms with van der Waals surface area (Å²) >= 11 is 0. The molecular formula is C10H16O. The molecule has 0 spiro atoms. The maximum absolute atomic E-state index is 5.29. The Bertz CT molecular complexity index is 179. The fourth-order valence-electron chi connectivity index (χ4n) is 1.51. The Hall–Kier alpha value is -0.720. The third-order valence-corrected chi connectivity index (χ3v) is 1.86. The minimum atomic E-state index is 0.664. The van der Waals surface area contributed by atoms with E-state index in [0.29, 0.717) is 5.92 Å². The highest BCUT2D eigenvalue weighted by Crippen LogP contribution is 2.22. The molecule has 1 heterocycles. The van der Waals surface area contributed by atoms with Gasteiger partial charge in [-0.2, -0.15) is 0 Å². The summed E-state index contributed by atoms with van der Waals surface area (Å²) in [6.07, 6.45) is 4.15. The van der Waals surface area contributed by atoms with Gasteiger partial charge in [-0.3, -0.25) is 0 Å². The van der Waals surface area contributed by atoms with Gasteiger partial charge < -0.3 is 4.74 Å². The Balaban J connectivity index is 2.38. The maximum Gasteiger partial charge on any atom is 0.0907 e. The molecule has 0 amide bonds. The van der Waals surface area contributed by atoms with Gasteiger partial charge in [0, 0.05) is 5.92 Å². The molecule has 11 heavy (non-hydrogen) atoms. The van der Waals surface area contributed by atoms with Crippen LogP contribution in [-0.2, 0) is 4.74 Å². The Morgan fingerprint density at radius 3 is 3.09 bits per heavy atom. The highest BCUT2D eigenvalue weighted by molar-refractivity contribution is 5.01. The van der Waals surface area contributed by atoms with Crippen molar-refractivity contribution in [3.63, 3.8) is 0 Å². The van der Waals surface area contributed by atoms with Gasteiger partial charge >= 0.3 is 0 Å². The number of hydrogen-bond acceptors (Lipinski definition) is 1. The van der Waals surface area contributed by atoms with Crippen LogP contribution in [0, 0.1) is 5.92 Å². The first-order chi connectivity index (χ1) is 5.18. The van der Waals surface area contributed by atoms with Gasteiger partial charge in [0.15, 0.2) is 0 Å². The molecule has 0 unspecified atom stereocenters. The van der Waals surface area contributed by atoms with Crippen LogP contribution in [0.5, 0.6) is 0 Å². The molecule has 0 aromatic carbocycles. The molecule has 0 fully saturated rings. The summed E-state index contributed by atoms with van der Waals surface area (Å²) in [5.74, 6) is 0.664. The zero-order valence-electron chi connectivity index (χ0n) is 7.39. The Morgan fingerprint density at radius 1 is 1.82 bits per heavy atom. The Morgan fingerprint density at radius 2 is 2.55 bits per heavy atom. The van der Waals surface area contributed by atoms with Crippen molar-refractivity contribution >= 4 is 0 Å². The molecule has 0 aliphatic carbocycles. The van der Waals surface area contributed by atoms with Crippen molar-refractivity contribution in [1.82, 2.24) is 0 Å². The summed E-state index contributed by atoms with van der Waals surface area (Å²) in [5, 5.41) is 0. The molecule has 1 heteroatoms. The summed E-state index contributed by atoms with van der Waals surface area (Å²) in [6, 6.07) is 0. The lowest BCUT2D eigenvalue weighted by atomic mass is 9.94. The van der Waals surface area contributed by atoms with Crippen LogP contribution in [0.2, 0.25) is 0 Å². The predicted octanol–water partition coefficient (Wildman–Crippen LogP) is 2.89. The minimum Gasteiger partial charge on any atom is -0.501 e. The van der Waals surface area contributed by atoms with Crippen LogP contribution in [0.3, 0.4) is 0 Å². The smallest absolute Gasteiger partial charge is 0.0907 e. The molecule has 0 saturated heterocycles. The van der Waals surface area contributed by atoms with Crippen LogP contribution in [0.1, 0.15) is 26.7 Å². The summed E-state index contributed by atoms with van der Waals surface area (Å²) in [4.78, 5) is 0. The first-order valence-corrected chi connectivity index (χ1v) is 4.10. The van der Waals surface area contributed by atoms with E-state index >= 15 is 0 Å². The first-order valence-electron chi connectivity index (χ1n) is 4.10. The van der Waals surface area contributed by atoms with Crippen molar-refractivity contribution < 1.29 is 4.74 Å². The second kappa shape index (κ2) is 3.61. The van der Waals surface area contributed by atoms with Gasteiger partial charge in [-0.05, 0) is 32.3 Å². The van der Waals surface area contributed by atoms with E-state index in [0.717, 1.165) is 13.0 Å². The van der Waals surface area contributed by atoms with Crippen molar-refractivity contribution in [2.24, 2.45) is 5.92 Å².